The largest absolute Gasteiger partial charge is 0.156 e. The van der Waals surface area contributed by atoms with E-state index >= 15 is 0 Å². The van der Waals surface area contributed by atoms with Crippen molar-refractivity contribution in [1.82, 2.24) is 0 Å². The second kappa shape index (κ2) is 2.86. The number of rotatable bonds is 0. The zero-order chi connectivity index (χ0) is 6.81. The molecule has 2 aliphatic carbocycles. The summed E-state index contributed by atoms with van der Waals surface area (Å²) in [5, 5.41) is 0. The van der Waals surface area contributed by atoms with Crippen LogP contribution < -0.4 is 0 Å². The van der Waals surface area contributed by atoms with Crippen LogP contribution in [0.15, 0.2) is 0 Å². The Morgan fingerprint density at radius 3 is 1.90 bits per heavy atom. The van der Waals surface area contributed by atoms with E-state index in [2.05, 4.69) is 0 Å². The molecule has 55 valence electrons. The van der Waals surface area contributed by atoms with Gasteiger partial charge in [-0.25, -0.2) is 0 Å². The maximum atomic E-state index is 1.84. The fourth-order valence-corrected chi connectivity index (χ4v) is 2.31. The lowest BCUT2D eigenvalue weighted by Gasteiger charge is -2.24. The minimum atomic E-state index is 1.44. The van der Waals surface area contributed by atoms with Crippen LogP contribution in [0.5, 0.6) is 0 Å². The van der Waals surface area contributed by atoms with Gasteiger partial charge < -0.3 is 0 Å². The molecule has 0 atom stereocenters. The first-order valence-corrected chi connectivity index (χ1v) is 4.66. The van der Waals surface area contributed by atoms with Crippen molar-refractivity contribution < 1.29 is 0 Å². The van der Waals surface area contributed by atoms with Crippen LogP contribution in [-0.2, 0) is 0 Å². The fourth-order valence-electron chi connectivity index (χ4n) is 2.31. The zero-order valence-electron chi connectivity index (χ0n) is 6.66. The Labute approximate surface area is 64.0 Å². The Bertz CT molecular complexity index is 80.6. The summed E-state index contributed by atoms with van der Waals surface area (Å²) < 4.78 is 0. The van der Waals surface area contributed by atoms with Crippen LogP contribution in [0.1, 0.15) is 51.4 Å². The van der Waals surface area contributed by atoms with Crippen LogP contribution in [0.3, 0.4) is 0 Å². The summed E-state index contributed by atoms with van der Waals surface area (Å²) in [6, 6.07) is 0. The second-order valence-electron chi connectivity index (χ2n) is 3.62. The Balaban J connectivity index is 1.93. The van der Waals surface area contributed by atoms with Gasteiger partial charge in [0.15, 0.2) is 5.92 Å². The van der Waals surface area contributed by atoms with Gasteiger partial charge in [-0.1, -0.05) is 0 Å². The molecule has 2 rings (SSSR count). The first-order valence-electron chi connectivity index (χ1n) is 4.66. The SMILES string of the molecule is C1CC[C+]2CCCC[C]2C1. The van der Waals surface area contributed by atoms with Gasteiger partial charge in [0.25, 0.3) is 0 Å². The normalized spacial score (nSPS) is 28.2. The van der Waals surface area contributed by atoms with Crippen molar-refractivity contribution in [1.29, 1.82) is 0 Å². The molecule has 0 aromatic heterocycles. The van der Waals surface area contributed by atoms with Crippen molar-refractivity contribution in [2.75, 3.05) is 0 Å². The van der Waals surface area contributed by atoms with Crippen LogP contribution in [0, 0.1) is 11.8 Å². The molecule has 0 aliphatic heterocycles. The predicted octanol–water partition coefficient (Wildman–Crippen LogP) is 3.28. The lowest BCUT2D eigenvalue weighted by molar-refractivity contribution is 0.446. The van der Waals surface area contributed by atoms with Gasteiger partial charge in [0.1, 0.15) is 5.92 Å². The monoisotopic (exact) mass is 136 g/mol. The van der Waals surface area contributed by atoms with E-state index in [0.29, 0.717) is 0 Å². The third-order valence-corrected chi connectivity index (χ3v) is 2.91. The summed E-state index contributed by atoms with van der Waals surface area (Å²) in [5.41, 5.74) is 0. The van der Waals surface area contributed by atoms with Gasteiger partial charge in [-0.15, -0.1) is 0 Å². The van der Waals surface area contributed by atoms with E-state index in [-0.39, 0.29) is 0 Å². The average Bonchev–Trinajstić information content (AvgIpc) is 2.05. The third kappa shape index (κ3) is 1.16. The molecule has 0 heteroatoms. The second-order valence-corrected chi connectivity index (χ2v) is 3.62. The minimum Gasteiger partial charge on any atom is -0.0444 e. The smallest absolute Gasteiger partial charge is 0.0444 e. The van der Waals surface area contributed by atoms with Gasteiger partial charge in [0.05, 0.1) is 12.8 Å². The standard InChI is InChI=1S/C10H16/c1-2-6-10-8-4-3-7-9(10)5-1/h1-8H2/q+1. The number of fused-ring (bicyclic) bond motifs is 1. The van der Waals surface area contributed by atoms with E-state index < -0.39 is 0 Å². The van der Waals surface area contributed by atoms with Crippen molar-refractivity contribution in [3.63, 3.8) is 0 Å². The number of hydrogen-bond acceptors (Lipinski definition) is 0. The third-order valence-electron chi connectivity index (χ3n) is 2.91. The molecule has 2 fully saturated rings. The highest BCUT2D eigenvalue weighted by molar-refractivity contribution is 5.20. The molecule has 0 bridgehead atoms. The van der Waals surface area contributed by atoms with Crippen LogP contribution in [-0.4, -0.2) is 0 Å². The highest BCUT2D eigenvalue weighted by Gasteiger charge is 2.38. The van der Waals surface area contributed by atoms with E-state index in [9.17, 15) is 0 Å². The highest BCUT2D eigenvalue weighted by Crippen LogP contribution is 2.43. The molecule has 10 heavy (non-hydrogen) atoms. The molecular weight excluding hydrogens is 120 g/mol. The summed E-state index contributed by atoms with van der Waals surface area (Å²) in [6.07, 6.45) is 11.6. The summed E-state index contributed by atoms with van der Waals surface area (Å²) in [5.74, 6) is 3.69. The first kappa shape index (κ1) is 6.57. The van der Waals surface area contributed by atoms with E-state index in [1.165, 1.54) is 51.4 Å². The molecule has 0 unspecified atom stereocenters. The van der Waals surface area contributed by atoms with Gasteiger partial charge in [0.2, 0.25) is 0 Å². The Hall–Kier alpha value is -0.130. The molecule has 0 nitrogen and oxygen atoms in total. The van der Waals surface area contributed by atoms with E-state index in [0.717, 1.165) is 0 Å². The highest BCUT2D eigenvalue weighted by atomic mass is 14.3. The van der Waals surface area contributed by atoms with Crippen LogP contribution in [0.4, 0.5) is 0 Å². The van der Waals surface area contributed by atoms with Crippen LogP contribution in [0.25, 0.3) is 0 Å². The van der Waals surface area contributed by atoms with E-state index in [1.807, 2.05) is 11.8 Å². The predicted molar refractivity (Wildman–Crippen MR) is 43.4 cm³/mol. The van der Waals surface area contributed by atoms with Gasteiger partial charge in [0, 0.05) is 0 Å². The maximum absolute atomic E-state index is 1.84. The fraction of sp³-hybridized carbons (Fsp3) is 0.800. The van der Waals surface area contributed by atoms with Crippen molar-refractivity contribution in [3.8, 4) is 0 Å². The van der Waals surface area contributed by atoms with Crippen LogP contribution in [0.2, 0.25) is 0 Å². The molecule has 0 amide bonds. The van der Waals surface area contributed by atoms with E-state index in [4.69, 9.17) is 0 Å². The summed E-state index contributed by atoms with van der Waals surface area (Å²) in [4.78, 5) is 0. The minimum absolute atomic E-state index is 1.44. The lowest BCUT2D eigenvalue weighted by Crippen LogP contribution is -2.18. The Morgan fingerprint density at radius 1 is 0.800 bits per heavy atom. The summed E-state index contributed by atoms with van der Waals surface area (Å²) >= 11 is 0. The lowest BCUT2D eigenvalue weighted by atomic mass is 9.71. The van der Waals surface area contributed by atoms with Gasteiger partial charge in [-0.2, -0.15) is 0 Å². The quantitative estimate of drug-likeness (QED) is 0.448. The molecule has 1 radical (unpaired) electrons. The average molecular weight is 136 g/mol. The topological polar surface area (TPSA) is 0 Å². The molecule has 0 aromatic carbocycles. The molecule has 2 saturated carbocycles. The summed E-state index contributed by atoms with van der Waals surface area (Å²) in [7, 11) is 0. The summed E-state index contributed by atoms with van der Waals surface area (Å²) in [6.45, 7) is 0. The van der Waals surface area contributed by atoms with Crippen molar-refractivity contribution >= 4 is 0 Å². The van der Waals surface area contributed by atoms with Gasteiger partial charge in [-0.3, -0.25) is 0 Å². The zero-order valence-corrected chi connectivity index (χ0v) is 6.66. The Morgan fingerprint density at radius 2 is 1.40 bits per heavy atom. The molecular formula is C10H16+. The van der Waals surface area contributed by atoms with E-state index in [1.54, 1.807) is 0 Å². The van der Waals surface area contributed by atoms with Gasteiger partial charge in [-0.05, 0) is 38.5 Å². The molecule has 0 N–H and O–H groups in total. The molecule has 0 aromatic rings. The van der Waals surface area contributed by atoms with Crippen molar-refractivity contribution in [2.24, 2.45) is 0 Å². The molecule has 0 heterocycles. The molecule has 0 spiro atoms. The molecule has 0 saturated heterocycles. The molecule has 2 aliphatic rings. The Kier molecular flexibility index (Phi) is 1.88. The first-order chi connectivity index (χ1) is 4.97. The van der Waals surface area contributed by atoms with Crippen molar-refractivity contribution in [2.45, 2.75) is 51.4 Å². The van der Waals surface area contributed by atoms with Gasteiger partial charge >= 0.3 is 0 Å². The maximum Gasteiger partial charge on any atom is 0.156 e. The van der Waals surface area contributed by atoms with Crippen LogP contribution >= 0.6 is 0 Å². The van der Waals surface area contributed by atoms with Crippen molar-refractivity contribution in [3.05, 3.63) is 11.8 Å². The number of hydrogen-bond donors (Lipinski definition) is 0.